The van der Waals surface area contributed by atoms with Gasteiger partial charge in [0.1, 0.15) is 6.10 Å². The lowest BCUT2D eigenvalue weighted by Crippen LogP contribution is -2.46. The van der Waals surface area contributed by atoms with Crippen LogP contribution in [0.4, 0.5) is 0 Å². The van der Waals surface area contributed by atoms with Crippen LogP contribution in [0.5, 0.6) is 0 Å². The molecule has 0 radical (unpaired) electrons. The summed E-state index contributed by atoms with van der Waals surface area (Å²) in [5.41, 5.74) is 0. The molecule has 0 bridgehead atoms. The van der Waals surface area contributed by atoms with E-state index in [1.54, 1.807) is 0 Å². The number of unbranched alkanes of at least 4 members (excludes halogenated alkanes) is 36. The second kappa shape index (κ2) is 52.3. The zero-order valence-corrected chi connectivity index (χ0v) is 43.2. The Hall–Kier alpha value is -1.66. The predicted molar refractivity (Wildman–Crippen MR) is 278 cm³/mol. The number of hydrogen-bond acceptors (Lipinski definition) is 5. The molecule has 6 nitrogen and oxygen atoms in total. The third-order valence-electron chi connectivity index (χ3n) is 13.3. The van der Waals surface area contributed by atoms with Crippen LogP contribution in [0.2, 0.25) is 0 Å². The molecule has 3 N–H and O–H groups in total. The van der Waals surface area contributed by atoms with Crippen molar-refractivity contribution in [1.82, 2.24) is 5.32 Å². The zero-order valence-electron chi connectivity index (χ0n) is 43.2. The van der Waals surface area contributed by atoms with Crippen molar-refractivity contribution >= 4 is 11.9 Å². The lowest BCUT2D eigenvalue weighted by molar-refractivity contribution is -0.151. The minimum Gasteiger partial charge on any atom is -0.462 e. The van der Waals surface area contributed by atoms with Gasteiger partial charge in [0.2, 0.25) is 5.91 Å². The average Bonchev–Trinajstić information content (AvgIpc) is 3.29. The van der Waals surface area contributed by atoms with Gasteiger partial charge in [0.15, 0.2) is 0 Å². The van der Waals surface area contributed by atoms with E-state index in [0.29, 0.717) is 19.3 Å². The molecule has 6 heteroatoms. The molecule has 0 aromatic heterocycles. The van der Waals surface area contributed by atoms with Crippen LogP contribution in [0.15, 0.2) is 24.3 Å². The number of ether oxygens (including phenoxy) is 1. The van der Waals surface area contributed by atoms with Gasteiger partial charge >= 0.3 is 5.97 Å². The van der Waals surface area contributed by atoms with Gasteiger partial charge in [-0.2, -0.15) is 0 Å². The van der Waals surface area contributed by atoms with Gasteiger partial charge in [-0.25, -0.2) is 0 Å². The number of rotatable bonds is 52. The van der Waals surface area contributed by atoms with Crippen molar-refractivity contribution in [2.45, 2.75) is 328 Å². The number of aliphatic hydroxyl groups excluding tert-OH is 2. The summed E-state index contributed by atoms with van der Waals surface area (Å²) in [6.45, 7) is 6.50. The van der Waals surface area contributed by atoms with Gasteiger partial charge in [-0.05, 0) is 77.0 Å². The summed E-state index contributed by atoms with van der Waals surface area (Å²) in [7, 11) is 0. The largest absolute Gasteiger partial charge is 0.462 e. The Balaban J connectivity index is 4.54. The van der Waals surface area contributed by atoms with Crippen molar-refractivity contribution in [2.75, 3.05) is 6.61 Å². The second-order valence-corrected chi connectivity index (χ2v) is 19.7. The Morgan fingerprint density at radius 1 is 0.438 bits per heavy atom. The third kappa shape index (κ3) is 46.9. The minimum absolute atomic E-state index is 0.0774. The van der Waals surface area contributed by atoms with Crippen molar-refractivity contribution in [3.05, 3.63) is 24.3 Å². The van der Waals surface area contributed by atoms with Crippen LogP contribution in [0.1, 0.15) is 310 Å². The van der Waals surface area contributed by atoms with Gasteiger partial charge in [-0.1, -0.05) is 244 Å². The number of carbonyl (C=O) groups is 2. The van der Waals surface area contributed by atoms with Crippen LogP contribution in [-0.4, -0.2) is 46.9 Å². The number of hydrogen-bond donors (Lipinski definition) is 3. The van der Waals surface area contributed by atoms with Crippen LogP contribution < -0.4 is 5.32 Å². The number of nitrogens with one attached hydrogen (secondary N) is 1. The molecule has 0 aromatic carbocycles. The van der Waals surface area contributed by atoms with Crippen LogP contribution in [0.25, 0.3) is 0 Å². The van der Waals surface area contributed by atoms with E-state index in [-0.39, 0.29) is 24.9 Å². The third-order valence-corrected chi connectivity index (χ3v) is 13.3. The highest BCUT2D eigenvalue weighted by Gasteiger charge is 2.24. The average molecular weight is 903 g/mol. The quantitative estimate of drug-likeness (QED) is 0.0321. The molecule has 0 fully saturated rings. The Kier molecular flexibility index (Phi) is 51.0. The van der Waals surface area contributed by atoms with Crippen LogP contribution in [-0.2, 0) is 14.3 Å². The first-order valence-electron chi connectivity index (χ1n) is 28.6. The highest BCUT2D eigenvalue weighted by atomic mass is 16.5. The monoisotopic (exact) mass is 902 g/mol. The summed E-state index contributed by atoms with van der Waals surface area (Å²) in [5.74, 6) is -0.467. The van der Waals surface area contributed by atoms with Crippen molar-refractivity contribution < 1.29 is 24.5 Å². The highest BCUT2D eigenvalue weighted by molar-refractivity contribution is 5.77. The molecule has 3 unspecified atom stereocenters. The van der Waals surface area contributed by atoms with Gasteiger partial charge in [-0.3, -0.25) is 9.59 Å². The number of allylic oxidation sites excluding steroid dienone is 4. The van der Waals surface area contributed by atoms with E-state index < -0.39 is 18.2 Å². The summed E-state index contributed by atoms with van der Waals surface area (Å²) in [6, 6.07) is -0.700. The molecule has 64 heavy (non-hydrogen) atoms. The maximum Gasteiger partial charge on any atom is 0.306 e. The Morgan fingerprint density at radius 3 is 1.11 bits per heavy atom. The molecular weight excluding hydrogens is 791 g/mol. The van der Waals surface area contributed by atoms with E-state index in [1.807, 2.05) is 0 Å². The molecule has 0 aromatic rings. The molecule has 0 heterocycles. The standard InChI is InChI=1S/C58H111NO5/c1-4-7-10-13-16-19-22-24-26-28-30-32-35-37-40-43-46-49-54(52-57(62)59-55(53-60)56(61)50-47-44-41-38-34-21-18-15-12-9-6-3)64-58(63)51-48-45-42-39-36-33-31-29-27-25-23-20-17-14-11-8-5-2/h24-27,54-56,60-61H,4-23,28-53H2,1-3H3,(H,59,62)/b26-24+,27-25+. The summed E-state index contributed by atoms with van der Waals surface area (Å²) in [5, 5.41) is 23.8. The maximum absolute atomic E-state index is 13.2. The summed E-state index contributed by atoms with van der Waals surface area (Å²) in [4.78, 5) is 26.2. The molecule has 0 aliphatic rings. The topological polar surface area (TPSA) is 95.9 Å². The van der Waals surface area contributed by atoms with Crippen LogP contribution in [0, 0.1) is 0 Å². The lowest BCUT2D eigenvalue weighted by Gasteiger charge is -2.24. The van der Waals surface area contributed by atoms with Crippen molar-refractivity contribution in [2.24, 2.45) is 0 Å². The van der Waals surface area contributed by atoms with Gasteiger partial charge in [-0.15, -0.1) is 0 Å². The Bertz CT molecular complexity index is 1010. The molecule has 0 rings (SSSR count). The maximum atomic E-state index is 13.2. The SMILES string of the molecule is CCCCCCCC/C=C/CCCCCCCCCC(=O)OC(CCCCCCCCC/C=C/CCCCCCCC)CC(=O)NC(CO)C(O)CCCCCCCCCCCCC. The molecule has 378 valence electrons. The second-order valence-electron chi connectivity index (χ2n) is 19.7. The van der Waals surface area contributed by atoms with Crippen molar-refractivity contribution in [3.63, 3.8) is 0 Å². The highest BCUT2D eigenvalue weighted by Crippen LogP contribution is 2.18. The first-order chi connectivity index (χ1) is 31.5. The smallest absolute Gasteiger partial charge is 0.306 e. The fourth-order valence-corrected chi connectivity index (χ4v) is 8.89. The number of aliphatic hydroxyl groups is 2. The van der Waals surface area contributed by atoms with E-state index in [0.717, 1.165) is 51.4 Å². The minimum atomic E-state index is -0.786. The van der Waals surface area contributed by atoms with E-state index in [1.165, 1.54) is 212 Å². The molecular formula is C58H111NO5. The number of amides is 1. The van der Waals surface area contributed by atoms with E-state index in [4.69, 9.17) is 4.74 Å². The Morgan fingerprint density at radius 2 is 0.750 bits per heavy atom. The van der Waals surface area contributed by atoms with Crippen molar-refractivity contribution in [3.8, 4) is 0 Å². The van der Waals surface area contributed by atoms with E-state index >= 15 is 0 Å². The molecule has 1 amide bonds. The summed E-state index contributed by atoms with van der Waals surface area (Å²) >= 11 is 0. The van der Waals surface area contributed by atoms with Gasteiger partial charge in [0, 0.05) is 6.42 Å². The van der Waals surface area contributed by atoms with Gasteiger partial charge in [0.05, 0.1) is 25.2 Å². The van der Waals surface area contributed by atoms with Crippen LogP contribution in [0.3, 0.4) is 0 Å². The first kappa shape index (κ1) is 62.3. The zero-order chi connectivity index (χ0) is 46.7. The fraction of sp³-hybridized carbons (Fsp3) is 0.897. The number of carbonyl (C=O) groups excluding carboxylic acids is 2. The van der Waals surface area contributed by atoms with Crippen molar-refractivity contribution in [1.29, 1.82) is 0 Å². The van der Waals surface area contributed by atoms with E-state index in [9.17, 15) is 19.8 Å². The normalized spacial score (nSPS) is 13.3. The molecule has 3 atom stereocenters. The fourth-order valence-electron chi connectivity index (χ4n) is 8.89. The van der Waals surface area contributed by atoms with Gasteiger partial charge in [0.25, 0.3) is 0 Å². The first-order valence-corrected chi connectivity index (χ1v) is 28.6. The predicted octanol–water partition coefficient (Wildman–Crippen LogP) is 17.5. The molecule has 0 aliphatic heterocycles. The van der Waals surface area contributed by atoms with Gasteiger partial charge < -0.3 is 20.3 Å². The molecule has 0 aliphatic carbocycles. The molecule has 0 saturated heterocycles. The lowest BCUT2D eigenvalue weighted by atomic mass is 10.0. The molecule has 0 saturated carbocycles. The summed E-state index contributed by atoms with van der Waals surface area (Å²) < 4.78 is 5.96. The summed E-state index contributed by atoms with van der Waals surface area (Å²) in [6.07, 6.45) is 61.0. The van der Waals surface area contributed by atoms with Crippen LogP contribution >= 0.6 is 0 Å². The van der Waals surface area contributed by atoms with E-state index in [2.05, 4.69) is 50.4 Å². The Labute approximate surface area is 399 Å². The molecule has 0 spiro atoms. The number of esters is 1.